The molecule has 2 aromatic rings. The topological polar surface area (TPSA) is 32.3 Å². The molecule has 0 atom stereocenters. The molecule has 0 fully saturated rings. The van der Waals surface area contributed by atoms with Crippen LogP contribution in [0.2, 0.25) is 0 Å². The lowest BCUT2D eigenvalue weighted by molar-refractivity contribution is 0.103. The SMILES string of the molecule is CN(C)c1ccc(Br)cc1NC(=O)c1sccc1Br. The fourth-order valence-electron chi connectivity index (χ4n) is 1.63. The van der Waals surface area contributed by atoms with Gasteiger partial charge in [-0.2, -0.15) is 0 Å². The summed E-state index contributed by atoms with van der Waals surface area (Å²) in [5.74, 6) is -0.108. The summed E-state index contributed by atoms with van der Waals surface area (Å²) in [6.07, 6.45) is 0. The number of hydrogen-bond acceptors (Lipinski definition) is 3. The first-order valence-corrected chi connectivity index (χ1v) is 7.97. The second-order valence-corrected chi connectivity index (χ2v) is 6.79. The Labute approximate surface area is 132 Å². The molecule has 0 saturated heterocycles. The van der Waals surface area contributed by atoms with Crippen molar-refractivity contribution >= 4 is 60.5 Å². The maximum atomic E-state index is 12.2. The van der Waals surface area contributed by atoms with Crippen molar-refractivity contribution in [3.05, 3.63) is 43.5 Å². The average molecular weight is 404 g/mol. The number of carbonyl (C=O) groups excluding carboxylic acids is 1. The van der Waals surface area contributed by atoms with Crippen molar-refractivity contribution in [2.24, 2.45) is 0 Å². The van der Waals surface area contributed by atoms with Crippen LogP contribution in [0.15, 0.2) is 38.6 Å². The summed E-state index contributed by atoms with van der Waals surface area (Å²) in [6.45, 7) is 0. The third-order valence-electron chi connectivity index (χ3n) is 2.51. The van der Waals surface area contributed by atoms with Crippen molar-refractivity contribution in [1.82, 2.24) is 0 Å². The van der Waals surface area contributed by atoms with Gasteiger partial charge in [0.1, 0.15) is 4.88 Å². The molecule has 1 aromatic carbocycles. The van der Waals surface area contributed by atoms with Crippen LogP contribution in [0.3, 0.4) is 0 Å². The Balaban J connectivity index is 2.31. The first kappa shape index (κ1) is 14.6. The number of amides is 1. The fraction of sp³-hybridized carbons (Fsp3) is 0.154. The predicted molar refractivity (Wildman–Crippen MR) is 88.4 cm³/mol. The number of carbonyl (C=O) groups is 1. The van der Waals surface area contributed by atoms with E-state index in [-0.39, 0.29) is 5.91 Å². The van der Waals surface area contributed by atoms with E-state index in [0.29, 0.717) is 4.88 Å². The zero-order valence-corrected chi connectivity index (χ0v) is 14.4. The van der Waals surface area contributed by atoms with Gasteiger partial charge in [0, 0.05) is 23.0 Å². The van der Waals surface area contributed by atoms with Crippen molar-refractivity contribution in [3.8, 4) is 0 Å². The normalized spacial score (nSPS) is 10.3. The molecule has 2 rings (SSSR count). The molecular weight excluding hydrogens is 392 g/mol. The molecule has 0 saturated carbocycles. The quantitative estimate of drug-likeness (QED) is 0.812. The second kappa shape index (κ2) is 6.07. The standard InChI is InChI=1S/C13H12Br2N2OS/c1-17(2)11-4-3-8(14)7-10(11)16-13(18)12-9(15)5-6-19-12/h3-7H,1-2H3,(H,16,18). The smallest absolute Gasteiger partial charge is 0.266 e. The van der Waals surface area contributed by atoms with Crippen molar-refractivity contribution in [3.63, 3.8) is 0 Å². The van der Waals surface area contributed by atoms with Crippen LogP contribution in [-0.2, 0) is 0 Å². The van der Waals surface area contributed by atoms with Crippen LogP contribution in [-0.4, -0.2) is 20.0 Å². The Hall–Kier alpha value is -0.850. The number of nitrogens with zero attached hydrogens (tertiary/aromatic N) is 1. The van der Waals surface area contributed by atoms with Gasteiger partial charge in [0.15, 0.2) is 0 Å². The summed E-state index contributed by atoms with van der Waals surface area (Å²) in [6, 6.07) is 7.68. The third kappa shape index (κ3) is 3.38. The van der Waals surface area contributed by atoms with Gasteiger partial charge in [-0.3, -0.25) is 4.79 Å². The number of nitrogens with one attached hydrogen (secondary N) is 1. The maximum Gasteiger partial charge on any atom is 0.266 e. The summed E-state index contributed by atoms with van der Waals surface area (Å²) in [5.41, 5.74) is 1.74. The molecule has 0 unspecified atom stereocenters. The van der Waals surface area contributed by atoms with E-state index in [2.05, 4.69) is 37.2 Å². The van der Waals surface area contributed by atoms with Crippen LogP contribution < -0.4 is 10.2 Å². The molecule has 0 aliphatic rings. The van der Waals surface area contributed by atoms with Gasteiger partial charge in [-0.1, -0.05) is 15.9 Å². The van der Waals surface area contributed by atoms with Gasteiger partial charge in [-0.05, 0) is 45.6 Å². The molecule has 19 heavy (non-hydrogen) atoms. The first-order chi connectivity index (χ1) is 8.99. The van der Waals surface area contributed by atoms with Crippen LogP contribution in [0.1, 0.15) is 9.67 Å². The second-order valence-electron chi connectivity index (χ2n) is 4.11. The van der Waals surface area contributed by atoms with Crippen LogP contribution in [0, 0.1) is 0 Å². The monoisotopic (exact) mass is 402 g/mol. The molecule has 0 bridgehead atoms. The lowest BCUT2D eigenvalue weighted by Gasteiger charge is -2.18. The molecule has 0 aliphatic carbocycles. The largest absolute Gasteiger partial charge is 0.376 e. The lowest BCUT2D eigenvalue weighted by Crippen LogP contribution is -2.16. The van der Waals surface area contributed by atoms with E-state index in [0.717, 1.165) is 20.3 Å². The summed E-state index contributed by atoms with van der Waals surface area (Å²) >= 11 is 8.21. The van der Waals surface area contributed by atoms with Crippen molar-refractivity contribution in [2.45, 2.75) is 0 Å². The van der Waals surface area contributed by atoms with E-state index in [1.54, 1.807) is 0 Å². The van der Waals surface area contributed by atoms with Crippen molar-refractivity contribution in [2.75, 3.05) is 24.3 Å². The summed E-state index contributed by atoms with van der Waals surface area (Å²) in [5, 5.41) is 4.83. The number of rotatable bonds is 3. The minimum absolute atomic E-state index is 0.108. The molecule has 1 heterocycles. The van der Waals surface area contributed by atoms with Gasteiger partial charge in [0.2, 0.25) is 0 Å². The highest BCUT2D eigenvalue weighted by Gasteiger charge is 2.14. The van der Waals surface area contributed by atoms with Crippen molar-refractivity contribution in [1.29, 1.82) is 0 Å². The van der Waals surface area contributed by atoms with Gasteiger partial charge in [0.25, 0.3) is 5.91 Å². The Morgan fingerprint density at radius 2 is 2.00 bits per heavy atom. The molecule has 0 spiro atoms. The minimum atomic E-state index is -0.108. The van der Waals surface area contributed by atoms with E-state index < -0.39 is 0 Å². The fourth-order valence-corrected chi connectivity index (χ4v) is 3.44. The van der Waals surface area contributed by atoms with E-state index in [1.807, 2.05) is 48.6 Å². The summed E-state index contributed by atoms with van der Waals surface area (Å²) in [4.78, 5) is 14.9. The van der Waals surface area contributed by atoms with Gasteiger partial charge < -0.3 is 10.2 Å². The Morgan fingerprint density at radius 1 is 1.26 bits per heavy atom. The molecular formula is C13H12Br2N2OS. The van der Waals surface area contributed by atoms with Crippen LogP contribution >= 0.6 is 43.2 Å². The number of benzene rings is 1. The van der Waals surface area contributed by atoms with E-state index >= 15 is 0 Å². The number of thiophene rings is 1. The highest BCUT2D eigenvalue weighted by molar-refractivity contribution is 9.10. The van der Waals surface area contributed by atoms with E-state index in [1.165, 1.54) is 11.3 Å². The summed E-state index contributed by atoms with van der Waals surface area (Å²) < 4.78 is 1.75. The number of hydrogen-bond donors (Lipinski definition) is 1. The zero-order chi connectivity index (χ0) is 14.0. The number of anilines is 2. The van der Waals surface area contributed by atoms with E-state index in [9.17, 15) is 4.79 Å². The van der Waals surface area contributed by atoms with Gasteiger partial charge in [-0.15, -0.1) is 11.3 Å². The Morgan fingerprint density at radius 3 is 2.58 bits per heavy atom. The Kier molecular flexibility index (Phi) is 4.65. The van der Waals surface area contributed by atoms with E-state index in [4.69, 9.17) is 0 Å². The van der Waals surface area contributed by atoms with Gasteiger partial charge in [0.05, 0.1) is 11.4 Å². The highest BCUT2D eigenvalue weighted by Crippen LogP contribution is 2.30. The molecule has 1 aromatic heterocycles. The molecule has 6 heteroatoms. The molecule has 3 nitrogen and oxygen atoms in total. The number of halogens is 2. The first-order valence-electron chi connectivity index (χ1n) is 5.50. The van der Waals surface area contributed by atoms with Crippen LogP contribution in [0.5, 0.6) is 0 Å². The van der Waals surface area contributed by atoms with Gasteiger partial charge in [-0.25, -0.2) is 0 Å². The molecule has 1 N–H and O–H groups in total. The molecule has 0 radical (unpaired) electrons. The average Bonchev–Trinajstić information content (AvgIpc) is 2.75. The van der Waals surface area contributed by atoms with Gasteiger partial charge >= 0.3 is 0 Å². The maximum absolute atomic E-state index is 12.2. The van der Waals surface area contributed by atoms with Crippen LogP contribution in [0.25, 0.3) is 0 Å². The van der Waals surface area contributed by atoms with Crippen molar-refractivity contribution < 1.29 is 4.79 Å². The molecule has 100 valence electrons. The third-order valence-corrected chi connectivity index (χ3v) is 4.84. The summed E-state index contributed by atoms with van der Waals surface area (Å²) in [7, 11) is 3.89. The predicted octanol–water partition coefficient (Wildman–Crippen LogP) is 4.59. The highest BCUT2D eigenvalue weighted by atomic mass is 79.9. The minimum Gasteiger partial charge on any atom is -0.376 e. The Bertz CT molecular complexity index is 610. The molecule has 0 aliphatic heterocycles. The lowest BCUT2D eigenvalue weighted by atomic mass is 10.2. The van der Waals surface area contributed by atoms with Crippen LogP contribution in [0.4, 0.5) is 11.4 Å². The zero-order valence-electron chi connectivity index (χ0n) is 10.4. The molecule has 1 amide bonds.